The Kier molecular flexibility index (Phi) is 4.02. The van der Waals surface area contributed by atoms with E-state index in [9.17, 15) is 13.2 Å². The molecule has 0 saturated heterocycles. The average molecular weight is 368 g/mol. The van der Waals surface area contributed by atoms with E-state index in [0.717, 1.165) is 5.56 Å². The second kappa shape index (κ2) is 5.88. The first kappa shape index (κ1) is 16.4. The summed E-state index contributed by atoms with van der Waals surface area (Å²) in [6.07, 6.45) is 0. The normalized spacial score (nSPS) is 11.6. The Morgan fingerprint density at radius 2 is 1.79 bits per heavy atom. The molecule has 1 heterocycles. The van der Waals surface area contributed by atoms with E-state index in [-0.39, 0.29) is 9.92 Å². The van der Waals surface area contributed by atoms with E-state index in [4.69, 9.17) is 16.3 Å². The van der Waals surface area contributed by atoms with Crippen molar-refractivity contribution < 1.29 is 13.2 Å². The highest BCUT2D eigenvalue weighted by Gasteiger charge is 2.21. The van der Waals surface area contributed by atoms with Crippen molar-refractivity contribution in [3.63, 3.8) is 0 Å². The van der Waals surface area contributed by atoms with Crippen LogP contribution in [0.15, 0.2) is 40.0 Å². The average Bonchev–Trinajstić information content (AvgIpc) is 2.85. The summed E-state index contributed by atoms with van der Waals surface area (Å²) in [5.74, 6) is 0.386. The van der Waals surface area contributed by atoms with Crippen molar-refractivity contribution >= 4 is 38.3 Å². The molecule has 2 aromatic carbocycles. The van der Waals surface area contributed by atoms with Crippen LogP contribution >= 0.6 is 11.6 Å². The number of fused-ring (bicyclic) bond motifs is 1. The van der Waals surface area contributed by atoms with Gasteiger partial charge < -0.3 is 14.7 Å². The van der Waals surface area contributed by atoms with Crippen LogP contribution in [0.1, 0.15) is 5.56 Å². The molecule has 0 saturated carbocycles. The number of hydrogen-bond acceptors (Lipinski definition) is 4. The Morgan fingerprint density at radius 3 is 2.46 bits per heavy atom. The van der Waals surface area contributed by atoms with Crippen molar-refractivity contribution in [3.05, 3.63) is 51.4 Å². The molecule has 7 nitrogen and oxygen atoms in total. The predicted molar refractivity (Wildman–Crippen MR) is 92.5 cm³/mol. The summed E-state index contributed by atoms with van der Waals surface area (Å²) in [4.78, 5) is 16.2. The van der Waals surface area contributed by atoms with E-state index in [1.165, 1.54) is 19.2 Å². The van der Waals surface area contributed by atoms with E-state index in [0.29, 0.717) is 22.5 Å². The van der Waals surface area contributed by atoms with Crippen molar-refractivity contribution in [1.29, 1.82) is 0 Å². The summed E-state index contributed by atoms with van der Waals surface area (Å²) in [6.45, 7) is 1.83. The first-order valence-electron chi connectivity index (χ1n) is 6.89. The van der Waals surface area contributed by atoms with Gasteiger partial charge in [0, 0.05) is 0 Å². The van der Waals surface area contributed by atoms with Gasteiger partial charge in [-0.1, -0.05) is 17.7 Å². The smallest absolute Gasteiger partial charge is 0.323 e. The third kappa shape index (κ3) is 2.98. The maximum atomic E-state index is 12.7. The van der Waals surface area contributed by atoms with Gasteiger partial charge in [-0.15, -0.1) is 0 Å². The van der Waals surface area contributed by atoms with Gasteiger partial charge in [0.15, 0.2) is 0 Å². The van der Waals surface area contributed by atoms with Crippen LogP contribution in [0.5, 0.6) is 5.75 Å². The molecular weight excluding hydrogens is 354 g/mol. The van der Waals surface area contributed by atoms with Crippen LogP contribution in [-0.2, 0) is 10.0 Å². The lowest BCUT2D eigenvalue weighted by atomic mass is 10.2. The Hall–Kier alpha value is -2.45. The molecule has 9 heteroatoms. The molecule has 0 spiro atoms. The fourth-order valence-corrected chi connectivity index (χ4v) is 3.96. The molecule has 0 bridgehead atoms. The van der Waals surface area contributed by atoms with Gasteiger partial charge in [-0.25, -0.2) is 13.2 Å². The van der Waals surface area contributed by atoms with Crippen LogP contribution in [0.25, 0.3) is 11.0 Å². The Bertz CT molecular complexity index is 1090. The minimum absolute atomic E-state index is 0.00290. The third-order valence-corrected chi connectivity index (χ3v) is 5.29. The number of anilines is 1. The number of sulfonamides is 1. The maximum Gasteiger partial charge on any atom is 0.323 e. The monoisotopic (exact) mass is 367 g/mol. The van der Waals surface area contributed by atoms with Crippen LogP contribution in [0.4, 0.5) is 5.69 Å². The number of imidazole rings is 1. The summed E-state index contributed by atoms with van der Waals surface area (Å²) in [6, 6.07) is 7.82. The van der Waals surface area contributed by atoms with Crippen LogP contribution in [-0.4, -0.2) is 25.5 Å². The molecule has 0 radical (unpaired) electrons. The van der Waals surface area contributed by atoms with Crippen LogP contribution < -0.4 is 15.1 Å². The van der Waals surface area contributed by atoms with E-state index in [1.54, 1.807) is 18.2 Å². The summed E-state index contributed by atoms with van der Waals surface area (Å²) in [5, 5.41) is -0.00290. The zero-order valence-electron chi connectivity index (χ0n) is 12.8. The van der Waals surface area contributed by atoms with Gasteiger partial charge in [0.1, 0.15) is 10.6 Å². The van der Waals surface area contributed by atoms with Crippen molar-refractivity contribution in [2.45, 2.75) is 11.8 Å². The molecule has 3 aromatic rings. The maximum absolute atomic E-state index is 12.7. The van der Waals surface area contributed by atoms with Crippen LogP contribution in [0.3, 0.4) is 0 Å². The fraction of sp³-hybridized carbons (Fsp3) is 0.133. The zero-order chi connectivity index (χ0) is 17.5. The number of methoxy groups -OCH3 is 1. The van der Waals surface area contributed by atoms with Gasteiger partial charge in [0.25, 0.3) is 10.0 Å². The number of aryl methyl sites for hydroxylation is 1. The number of aromatic amines is 2. The van der Waals surface area contributed by atoms with Gasteiger partial charge in [-0.05, 0) is 36.8 Å². The Balaban J connectivity index is 2.10. The van der Waals surface area contributed by atoms with Crippen molar-refractivity contribution in [1.82, 2.24) is 9.97 Å². The molecule has 0 aliphatic carbocycles. The lowest BCUT2D eigenvalue weighted by Crippen LogP contribution is -2.14. The third-order valence-electron chi connectivity index (χ3n) is 3.46. The molecule has 0 fully saturated rings. The molecule has 126 valence electrons. The molecule has 0 atom stereocenters. The molecule has 0 unspecified atom stereocenters. The second-order valence-electron chi connectivity index (χ2n) is 5.22. The van der Waals surface area contributed by atoms with Crippen molar-refractivity contribution in [2.75, 3.05) is 11.8 Å². The summed E-state index contributed by atoms with van der Waals surface area (Å²) in [5.41, 5.74) is 1.50. The minimum atomic E-state index is -3.97. The Morgan fingerprint density at radius 1 is 1.12 bits per heavy atom. The lowest BCUT2D eigenvalue weighted by Gasteiger charge is -2.13. The number of ether oxygens (including phenoxy) is 1. The summed E-state index contributed by atoms with van der Waals surface area (Å²) >= 11 is 6.08. The molecule has 1 aromatic heterocycles. The Labute approximate surface area is 142 Å². The predicted octanol–water partition coefficient (Wildman–Crippen LogP) is 2.63. The van der Waals surface area contributed by atoms with Gasteiger partial charge in [0.05, 0.1) is 28.9 Å². The van der Waals surface area contributed by atoms with Crippen LogP contribution in [0, 0.1) is 6.92 Å². The highest BCUT2D eigenvalue weighted by Crippen LogP contribution is 2.31. The number of H-pyrrole nitrogens is 2. The standard InChI is InChI=1S/C15H14ClN3O4S/c1-8-3-4-13(23-2)12(5-8)19-24(21,22)14-7-11-10(6-9(14)16)17-15(20)18-11/h3-7,19H,1-2H3,(H2,17,18,20). The van der Waals surface area contributed by atoms with E-state index in [1.807, 2.05) is 6.92 Å². The number of nitrogens with one attached hydrogen (secondary N) is 3. The molecule has 24 heavy (non-hydrogen) atoms. The van der Waals surface area contributed by atoms with Gasteiger partial charge in [-0.2, -0.15) is 0 Å². The highest BCUT2D eigenvalue weighted by molar-refractivity contribution is 7.92. The number of halogens is 1. The number of benzene rings is 2. The van der Waals surface area contributed by atoms with E-state index in [2.05, 4.69) is 14.7 Å². The second-order valence-corrected chi connectivity index (χ2v) is 7.27. The first-order valence-corrected chi connectivity index (χ1v) is 8.75. The highest BCUT2D eigenvalue weighted by atomic mass is 35.5. The molecular formula is C15H14ClN3O4S. The molecule has 3 N–H and O–H groups in total. The number of hydrogen-bond donors (Lipinski definition) is 3. The summed E-state index contributed by atoms with van der Waals surface area (Å²) < 4.78 is 33.0. The summed E-state index contributed by atoms with van der Waals surface area (Å²) in [7, 11) is -2.52. The van der Waals surface area contributed by atoms with Crippen molar-refractivity contribution in [2.24, 2.45) is 0 Å². The molecule has 3 rings (SSSR count). The number of aromatic nitrogens is 2. The van der Waals surface area contributed by atoms with E-state index >= 15 is 0 Å². The first-order chi connectivity index (χ1) is 11.3. The minimum Gasteiger partial charge on any atom is -0.495 e. The van der Waals surface area contributed by atoms with Crippen molar-refractivity contribution in [3.8, 4) is 5.75 Å². The largest absolute Gasteiger partial charge is 0.495 e. The zero-order valence-corrected chi connectivity index (χ0v) is 14.4. The molecule has 0 amide bonds. The van der Waals surface area contributed by atoms with Gasteiger partial charge in [0.2, 0.25) is 0 Å². The number of rotatable bonds is 4. The van der Waals surface area contributed by atoms with Gasteiger partial charge in [-0.3, -0.25) is 4.72 Å². The van der Waals surface area contributed by atoms with Gasteiger partial charge >= 0.3 is 5.69 Å². The molecule has 0 aliphatic heterocycles. The molecule has 0 aliphatic rings. The topological polar surface area (TPSA) is 104 Å². The quantitative estimate of drug-likeness (QED) is 0.659. The SMILES string of the molecule is COc1ccc(C)cc1NS(=O)(=O)c1cc2[nH]c(=O)[nH]c2cc1Cl. The van der Waals surface area contributed by atoms with E-state index < -0.39 is 15.7 Å². The fourth-order valence-electron chi connectivity index (χ4n) is 2.34. The lowest BCUT2D eigenvalue weighted by molar-refractivity contribution is 0.417. The van der Waals surface area contributed by atoms with Crippen LogP contribution in [0.2, 0.25) is 5.02 Å².